The molecule has 2 heterocycles. The minimum absolute atomic E-state index is 0.0411. The number of hydrogen-bond donors (Lipinski definition) is 3. The van der Waals surface area contributed by atoms with E-state index in [1.807, 2.05) is 13.0 Å². The lowest BCUT2D eigenvalue weighted by Gasteiger charge is -2.15. The first-order valence-corrected chi connectivity index (χ1v) is 6.86. The Kier molecular flexibility index (Phi) is 5.16. The van der Waals surface area contributed by atoms with Crippen molar-refractivity contribution in [1.82, 2.24) is 4.98 Å². The molecule has 6 nitrogen and oxygen atoms in total. The molecule has 1 aromatic heterocycles. The smallest absolute Gasteiger partial charge is 0.146 e. The molecule has 1 aliphatic rings. The van der Waals surface area contributed by atoms with Gasteiger partial charge in [0, 0.05) is 19.7 Å². The predicted octanol–water partition coefficient (Wildman–Crippen LogP) is 1.26. The molecule has 1 fully saturated rings. The predicted molar refractivity (Wildman–Crippen MR) is 76.7 cm³/mol. The molecule has 0 aromatic carbocycles. The van der Waals surface area contributed by atoms with E-state index in [0.29, 0.717) is 30.3 Å². The Bertz CT molecular complexity index is 493. The largest absolute Gasteiger partial charge is 0.395 e. The van der Waals surface area contributed by atoms with Gasteiger partial charge in [0.05, 0.1) is 18.3 Å². The Morgan fingerprint density at radius 3 is 3.05 bits per heavy atom. The zero-order valence-electron chi connectivity index (χ0n) is 11.6. The van der Waals surface area contributed by atoms with Gasteiger partial charge in [0.2, 0.25) is 0 Å². The maximum atomic E-state index is 9.24. The zero-order chi connectivity index (χ0) is 14.4. The van der Waals surface area contributed by atoms with Crippen molar-refractivity contribution in [1.29, 1.82) is 5.26 Å². The Hall–Kier alpha value is -1.84. The van der Waals surface area contributed by atoms with Crippen molar-refractivity contribution >= 4 is 11.6 Å². The topological polar surface area (TPSA) is 90.2 Å². The van der Waals surface area contributed by atoms with E-state index in [0.717, 1.165) is 25.0 Å². The monoisotopic (exact) mass is 276 g/mol. The minimum Gasteiger partial charge on any atom is -0.395 e. The number of aliphatic hydroxyl groups is 1. The fourth-order valence-electron chi connectivity index (χ4n) is 2.23. The first-order valence-electron chi connectivity index (χ1n) is 6.86. The average molecular weight is 276 g/mol. The van der Waals surface area contributed by atoms with Gasteiger partial charge >= 0.3 is 0 Å². The quantitative estimate of drug-likeness (QED) is 0.724. The lowest BCUT2D eigenvalue weighted by molar-refractivity contribution is 0.120. The van der Waals surface area contributed by atoms with E-state index >= 15 is 0 Å². The number of ether oxygens (including phenoxy) is 1. The van der Waals surface area contributed by atoms with Gasteiger partial charge in [-0.05, 0) is 31.4 Å². The van der Waals surface area contributed by atoms with Crippen LogP contribution in [0.3, 0.4) is 0 Å². The third-order valence-electron chi connectivity index (χ3n) is 3.27. The van der Waals surface area contributed by atoms with E-state index in [-0.39, 0.29) is 12.7 Å². The number of nitriles is 1. The second-order valence-electron chi connectivity index (χ2n) is 4.83. The van der Waals surface area contributed by atoms with E-state index in [4.69, 9.17) is 9.84 Å². The van der Waals surface area contributed by atoms with E-state index in [1.165, 1.54) is 0 Å². The van der Waals surface area contributed by atoms with Crippen molar-refractivity contribution in [2.24, 2.45) is 0 Å². The van der Waals surface area contributed by atoms with Crippen molar-refractivity contribution < 1.29 is 9.84 Å². The van der Waals surface area contributed by atoms with Gasteiger partial charge in [-0.2, -0.15) is 5.26 Å². The maximum absolute atomic E-state index is 9.24. The highest BCUT2D eigenvalue weighted by Crippen LogP contribution is 2.21. The number of aryl methyl sites for hydroxylation is 1. The molecule has 0 bridgehead atoms. The Balaban J connectivity index is 2.10. The van der Waals surface area contributed by atoms with E-state index < -0.39 is 0 Å². The highest BCUT2D eigenvalue weighted by molar-refractivity contribution is 5.60. The third-order valence-corrected chi connectivity index (χ3v) is 3.27. The van der Waals surface area contributed by atoms with Crippen LogP contribution >= 0.6 is 0 Å². The molecule has 20 heavy (non-hydrogen) atoms. The first kappa shape index (κ1) is 14.6. The summed E-state index contributed by atoms with van der Waals surface area (Å²) < 4.78 is 5.55. The Labute approximate surface area is 118 Å². The van der Waals surface area contributed by atoms with E-state index in [1.54, 1.807) is 0 Å². The molecule has 0 unspecified atom stereocenters. The molecule has 108 valence electrons. The van der Waals surface area contributed by atoms with Gasteiger partial charge in [0.25, 0.3) is 0 Å². The molecule has 1 aromatic rings. The summed E-state index contributed by atoms with van der Waals surface area (Å²) >= 11 is 0. The summed E-state index contributed by atoms with van der Waals surface area (Å²) in [5.41, 5.74) is 1.41. The molecule has 1 aliphatic heterocycles. The van der Waals surface area contributed by atoms with Crippen LogP contribution in [0.1, 0.15) is 24.0 Å². The molecule has 3 N–H and O–H groups in total. The fraction of sp³-hybridized carbons (Fsp3) is 0.571. The number of nitrogens with zero attached hydrogens (tertiary/aromatic N) is 2. The summed E-state index contributed by atoms with van der Waals surface area (Å²) in [6.07, 6.45) is 2.32. The molecule has 0 aliphatic carbocycles. The molecule has 0 amide bonds. The van der Waals surface area contributed by atoms with Gasteiger partial charge in [-0.1, -0.05) is 0 Å². The average Bonchev–Trinajstić information content (AvgIpc) is 2.95. The molecule has 0 saturated carbocycles. The summed E-state index contributed by atoms with van der Waals surface area (Å²) in [4.78, 5) is 4.39. The van der Waals surface area contributed by atoms with Crippen LogP contribution in [-0.4, -0.2) is 42.5 Å². The third kappa shape index (κ3) is 3.59. The number of aliphatic hydroxyl groups excluding tert-OH is 1. The normalized spacial score (nSPS) is 17.8. The van der Waals surface area contributed by atoms with Crippen LogP contribution in [0.25, 0.3) is 0 Å². The van der Waals surface area contributed by atoms with Crippen molar-refractivity contribution in [2.45, 2.75) is 25.9 Å². The van der Waals surface area contributed by atoms with Crippen LogP contribution < -0.4 is 10.6 Å². The highest BCUT2D eigenvalue weighted by atomic mass is 16.5. The number of nitrogens with one attached hydrogen (secondary N) is 2. The van der Waals surface area contributed by atoms with Crippen LogP contribution in [-0.2, 0) is 4.74 Å². The molecular weight excluding hydrogens is 256 g/mol. The number of aromatic nitrogens is 1. The Morgan fingerprint density at radius 2 is 2.40 bits per heavy atom. The number of pyridine rings is 1. The molecular formula is C14H20N4O2. The molecule has 0 spiro atoms. The van der Waals surface area contributed by atoms with Crippen LogP contribution in [0.15, 0.2) is 6.07 Å². The summed E-state index contributed by atoms with van der Waals surface area (Å²) in [5, 5.41) is 24.3. The van der Waals surface area contributed by atoms with Gasteiger partial charge in [-0.25, -0.2) is 4.98 Å². The van der Waals surface area contributed by atoms with Crippen LogP contribution in [0.5, 0.6) is 0 Å². The van der Waals surface area contributed by atoms with Gasteiger partial charge in [0.15, 0.2) is 0 Å². The summed E-state index contributed by atoms with van der Waals surface area (Å²) in [7, 11) is 0. The minimum atomic E-state index is 0.0411. The van der Waals surface area contributed by atoms with Gasteiger partial charge < -0.3 is 20.5 Å². The SMILES string of the molecule is Cc1cc(NCCO)nc(NC[C@H]2CCCO2)c1C#N. The number of anilines is 2. The zero-order valence-corrected chi connectivity index (χ0v) is 11.6. The van der Waals surface area contributed by atoms with Crippen LogP contribution in [0.4, 0.5) is 11.6 Å². The molecule has 1 saturated heterocycles. The molecule has 6 heteroatoms. The molecule has 1 atom stereocenters. The van der Waals surface area contributed by atoms with E-state index in [2.05, 4.69) is 21.7 Å². The second kappa shape index (κ2) is 7.08. The van der Waals surface area contributed by atoms with Crippen molar-refractivity contribution in [2.75, 3.05) is 36.9 Å². The van der Waals surface area contributed by atoms with E-state index in [9.17, 15) is 5.26 Å². The molecule has 2 rings (SSSR count). The van der Waals surface area contributed by atoms with Crippen LogP contribution in [0, 0.1) is 18.3 Å². The van der Waals surface area contributed by atoms with Crippen molar-refractivity contribution in [3.05, 3.63) is 17.2 Å². The fourth-order valence-corrected chi connectivity index (χ4v) is 2.23. The van der Waals surface area contributed by atoms with Gasteiger partial charge in [-0.3, -0.25) is 0 Å². The summed E-state index contributed by atoms with van der Waals surface area (Å²) in [6, 6.07) is 3.99. The Morgan fingerprint density at radius 1 is 1.55 bits per heavy atom. The second-order valence-corrected chi connectivity index (χ2v) is 4.83. The summed E-state index contributed by atoms with van der Waals surface area (Å²) in [5.74, 6) is 1.23. The number of hydrogen-bond acceptors (Lipinski definition) is 6. The van der Waals surface area contributed by atoms with Crippen molar-refractivity contribution in [3.8, 4) is 6.07 Å². The van der Waals surface area contributed by atoms with Crippen LogP contribution in [0.2, 0.25) is 0 Å². The summed E-state index contributed by atoms with van der Waals surface area (Å²) in [6.45, 7) is 3.82. The number of rotatable bonds is 6. The first-order chi connectivity index (χ1) is 9.74. The van der Waals surface area contributed by atoms with Gasteiger partial charge in [0.1, 0.15) is 17.7 Å². The lowest BCUT2D eigenvalue weighted by atomic mass is 10.1. The van der Waals surface area contributed by atoms with Gasteiger partial charge in [-0.15, -0.1) is 0 Å². The maximum Gasteiger partial charge on any atom is 0.146 e. The standard InChI is InChI=1S/C14H20N4O2/c1-10-7-13(16-4-5-19)18-14(12(10)8-15)17-9-11-3-2-6-20-11/h7,11,19H,2-6,9H2,1H3,(H2,16,17,18)/t11-/m1/s1. The van der Waals surface area contributed by atoms with Crippen molar-refractivity contribution in [3.63, 3.8) is 0 Å². The highest BCUT2D eigenvalue weighted by Gasteiger charge is 2.17. The molecule has 0 radical (unpaired) electrons. The lowest BCUT2D eigenvalue weighted by Crippen LogP contribution is -2.20.